The fraction of sp³-hybridized carbons (Fsp3) is 0.182. The number of carbonyl (C=O) groups is 1. The Morgan fingerprint density at radius 1 is 1.19 bits per heavy atom. The number of rotatable bonds is 7. The topological polar surface area (TPSA) is 99.2 Å². The molecule has 0 bridgehead atoms. The van der Waals surface area contributed by atoms with Crippen LogP contribution in [-0.4, -0.2) is 27.2 Å². The molecule has 158 valence electrons. The monoisotopic (exact) mass is 438 g/mol. The molecule has 0 radical (unpaired) electrons. The maximum Gasteiger partial charge on any atom is 0.267 e. The highest BCUT2D eigenvalue weighted by Gasteiger charge is 2.18. The number of nitrogens with one attached hydrogen (secondary N) is 1. The average Bonchev–Trinajstić information content (AvgIpc) is 3.21. The van der Waals surface area contributed by atoms with E-state index >= 15 is 0 Å². The van der Waals surface area contributed by atoms with Crippen LogP contribution in [0.5, 0.6) is 5.75 Å². The summed E-state index contributed by atoms with van der Waals surface area (Å²) < 4.78 is 12.0. The molecular weight excluding hydrogens is 420 g/mol. The first kappa shape index (κ1) is 20.6. The Kier molecular flexibility index (Phi) is 5.99. The molecule has 0 saturated carbocycles. The third kappa shape index (κ3) is 4.44. The van der Waals surface area contributed by atoms with Gasteiger partial charge in [-0.15, -0.1) is 0 Å². The van der Waals surface area contributed by atoms with Crippen molar-refractivity contribution in [3.63, 3.8) is 0 Å². The van der Waals surface area contributed by atoms with Crippen LogP contribution in [0.1, 0.15) is 12.5 Å². The van der Waals surface area contributed by atoms with Gasteiger partial charge >= 0.3 is 0 Å². The Hall–Kier alpha value is -3.65. The van der Waals surface area contributed by atoms with Crippen molar-refractivity contribution in [3.8, 4) is 17.0 Å². The number of fused-ring (bicyclic) bond motifs is 1. The number of halogens is 1. The van der Waals surface area contributed by atoms with Crippen LogP contribution >= 0.6 is 11.6 Å². The first-order chi connectivity index (χ1) is 15.1. The van der Waals surface area contributed by atoms with Crippen LogP contribution in [0.3, 0.4) is 0 Å². The second kappa shape index (κ2) is 9.01. The molecule has 8 nitrogen and oxygen atoms in total. The van der Waals surface area contributed by atoms with Crippen molar-refractivity contribution in [1.29, 1.82) is 0 Å². The number of amides is 1. The zero-order chi connectivity index (χ0) is 21.8. The Bertz CT molecular complexity index is 1280. The zero-order valence-corrected chi connectivity index (χ0v) is 17.4. The molecule has 9 heteroatoms. The molecule has 0 fully saturated rings. The highest BCUT2D eigenvalue weighted by atomic mass is 35.5. The summed E-state index contributed by atoms with van der Waals surface area (Å²) in [5.74, 6) is 0.377. The van der Waals surface area contributed by atoms with Gasteiger partial charge in [0.2, 0.25) is 5.91 Å². The molecule has 2 aromatic carbocycles. The molecule has 1 amide bonds. The summed E-state index contributed by atoms with van der Waals surface area (Å²) in [7, 11) is 0. The van der Waals surface area contributed by atoms with E-state index in [1.54, 1.807) is 24.3 Å². The second-order valence-corrected chi connectivity index (χ2v) is 7.15. The van der Waals surface area contributed by atoms with Crippen LogP contribution in [0, 0.1) is 0 Å². The van der Waals surface area contributed by atoms with Gasteiger partial charge in [0.05, 0.1) is 6.61 Å². The molecule has 0 atom stereocenters. The molecule has 2 aromatic heterocycles. The molecular formula is C22H19ClN4O4. The van der Waals surface area contributed by atoms with Crippen molar-refractivity contribution in [2.24, 2.45) is 0 Å². The van der Waals surface area contributed by atoms with Crippen LogP contribution in [-0.2, 0) is 17.9 Å². The van der Waals surface area contributed by atoms with Crippen molar-refractivity contribution in [2.75, 3.05) is 6.61 Å². The molecule has 0 aliphatic heterocycles. The summed E-state index contributed by atoms with van der Waals surface area (Å²) in [6.45, 7) is 2.52. The average molecular weight is 439 g/mol. The van der Waals surface area contributed by atoms with Gasteiger partial charge in [0.1, 0.15) is 29.7 Å². The van der Waals surface area contributed by atoms with E-state index in [1.165, 1.54) is 10.9 Å². The van der Waals surface area contributed by atoms with Crippen LogP contribution in [0.4, 0.5) is 0 Å². The van der Waals surface area contributed by atoms with Gasteiger partial charge in [0.25, 0.3) is 11.3 Å². The third-order valence-corrected chi connectivity index (χ3v) is 4.90. The van der Waals surface area contributed by atoms with Gasteiger partial charge in [-0.05, 0) is 25.1 Å². The predicted octanol–water partition coefficient (Wildman–Crippen LogP) is 3.42. The van der Waals surface area contributed by atoms with Crippen molar-refractivity contribution < 1.29 is 14.1 Å². The number of hydrogen-bond donors (Lipinski definition) is 1. The number of carbonyl (C=O) groups excluding carboxylic acids is 1. The number of para-hydroxylation sites is 1. The minimum atomic E-state index is -0.416. The summed E-state index contributed by atoms with van der Waals surface area (Å²) >= 11 is 5.93. The van der Waals surface area contributed by atoms with Crippen molar-refractivity contribution in [2.45, 2.75) is 20.0 Å². The molecule has 0 aliphatic rings. The molecule has 4 aromatic rings. The summed E-state index contributed by atoms with van der Waals surface area (Å²) in [6, 6.07) is 14.3. The molecule has 2 heterocycles. The lowest BCUT2D eigenvalue weighted by molar-refractivity contribution is -0.121. The minimum absolute atomic E-state index is 0.109. The third-order valence-electron chi connectivity index (χ3n) is 4.64. The van der Waals surface area contributed by atoms with Gasteiger partial charge in [-0.25, -0.2) is 4.98 Å². The Morgan fingerprint density at radius 3 is 2.74 bits per heavy atom. The van der Waals surface area contributed by atoms with Gasteiger partial charge in [0.15, 0.2) is 0 Å². The molecule has 0 unspecified atom stereocenters. The Labute approximate surface area is 182 Å². The van der Waals surface area contributed by atoms with Crippen LogP contribution < -0.4 is 15.6 Å². The van der Waals surface area contributed by atoms with E-state index in [-0.39, 0.29) is 30.1 Å². The van der Waals surface area contributed by atoms with E-state index in [0.717, 1.165) is 5.56 Å². The molecule has 1 N–H and O–H groups in total. The van der Waals surface area contributed by atoms with Crippen molar-refractivity contribution >= 4 is 28.6 Å². The Balaban J connectivity index is 1.54. The van der Waals surface area contributed by atoms with E-state index in [1.807, 2.05) is 31.2 Å². The highest BCUT2D eigenvalue weighted by Crippen LogP contribution is 2.25. The van der Waals surface area contributed by atoms with Crippen LogP contribution in [0.15, 0.2) is 64.2 Å². The highest BCUT2D eigenvalue weighted by molar-refractivity contribution is 6.30. The molecule has 0 saturated heterocycles. The lowest BCUT2D eigenvalue weighted by Crippen LogP contribution is -2.32. The summed E-state index contributed by atoms with van der Waals surface area (Å²) in [6.07, 6.45) is 1.27. The van der Waals surface area contributed by atoms with Gasteiger partial charge in [-0.1, -0.05) is 47.1 Å². The van der Waals surface area contributed by atoms with Crippen LogP contribution in [0.2, 0.25) is 5.02 Å². The van der Waals surface area contributed by atoms with E-state index in [9.17, 15) is 9.59 Å². The van der Waals surface area contributed by atoms with Gasteiger partial charge in [-0.2, -0.15) is 0 Å². The fourth-order valence-corrected chi connectivity index (χ4v) is 3.27. The lowest BCUT2D eigenvalue weighted by atomic mass is 10.1. The van der Waals surface area contributed by atoms with Gasteiger partial charge in [-0.3, -0.25) is 14.2 Å². The zero-order valence-electron chi connectivity index (χ0n) is 16.7. The standard InChI is InChI=1S/C22H19ClN4O4/c1-2-30-17-6-4-3-5-15(17)11-24-18(28)12-27-13-25-21-19(22(27)29)20(26-31-21)14-7-9-16(23)10-8-14/h3-10,13H,2,11-12H2,1H3,(H,24,28). The number of ether oxygens (including phenoxy) is 1. The SMILES string of the molecule is CCOc1ccccc1CNC(=O)Cn1cnc2onc(-c3ccc(Cl)cc3)c2c1=O. The largest absolute Gasteiger partial charge is 0.494 e. The number of aromatic nitrogens is 3. The van der Waals surface area contributed by atoms with E-state index in [0.29, 0.717) is 28.6 Å². The molecule has 0 aliphatic carbocycles. The Morgan fingerprint density at radius 2 is 1.97 bits per heavy atom. The van der Waals surface area contributed by atoms with Crippen molar-refractivity contribution in [3.05, 3.63) is 75.8 Å². The van der Waals surface area contributed by atoms with E-state index < -0.39 is 5.56 Å². The first-order valence-corrected chi connectivity index (χ1v) is 10.0. The van der Waals surface area contributed by atoms with Gasteiger partial charge in [0, 0.05) is 22.7 Å². The smallest absolute Gasteiger partial charge is 0.267 e. The fourth-order valence-electron chi connectivity index (χ4n) is 3.15. The van der Waals surface area contributed by atoms with Crippen LogP contribution in [0.25, 0.3) is 22.4 Å². The van der Waals surface area contributed by atoms with Gasteiger partial charge < -0.3 is 14.6 Å². The molecule has 4 rings (SSSR count). The number of hydrogen-bond acceptors (Lipinski definition) is 6. The summed E-state index contributed by atoms with van der Waals surface area (Å²) in [4.78, 5) is 29.6. The summed E-state index contributed by atoms with van der Waals surface area (Å²) in [5.41, 5.74) is 1.56. The molecule has 31 heavy (non-hydrogen) atoms. The maximum absolute atomic E-state index is 13.0. The second-order valence-electron chi connectivity index (χ2n) is 6.71. The minimum Gasteiger partial charge on any atom is -0.494 e. The van der Waals surface area contributed by atoms with Crippen molar-refractivity contribution in [1.82, 2.24) is 20.0 Å². The van der Waals surface area contributed by atoms with E-state index in [2.05, 4.69) is 15.5 Å². The predicted molar refractivity (Wildman–Crippen MR) is 116 cm³/mol. The maximum atomic E-state index is 13.0. The molecule has 0 spiro atoms. The number of benzene rings is 2. The summed E-state index contributed by atoms with van der Waals surface area (Å²) in [5, 5.41) is 7.55. The quantitative estimate of drug-likeness (QED) is 0.474. The van der Waals surface area contributed by atoms with E-state index in [4.69, 9.17) is 20.9 Å². The number of nitrogens with zero attached hydrogens (tertiary/aromatic N) is 3. The first-order valence-electron chi connectivity index (χ1n) is 9.65. The normalized spacial score (nSPS) is 10.9. The lowest BCUT2D eigenvalue weighted by Gasteiger charge is -2.11.